The highest BCUT2D eigenvalue weighted by molar-refractivity contribution is 5.75. The standard InChI is InChI=1S/C33H41N5O2/c1-23-13-14-26-28(23)30(35-22-34-26)37-21-33(15-17-36(18-16-33)19-24-9-6-5-7-10-24)29-25(11-8-12-27(29)37)20-38(31(39)40)32(2,3)4/h5-12,22-23H,13-21H2,1-4H3,(H,39,40)/t23-/m1/s1. The van der Waals surface area contributed by atoms with E-state index >= 15 is 0 Å². The zero-order chi connectivity index (χ0) is 28.1. The minimum atomic E-state index is -0.880. The molecule has 6 rings (SSSR count). The summed E-state index contributed by atoms with van der Waals surface area (Å²) in [5, 5.41) is 10.2. The number of benzene rings is 2. The van der Waals surface area contributed by atoms with Gasteiger partial charge in [0.25, 0.3) is 0 Å². The Morgan fingerprint density at radius 2 is 1.82 bits per heavy atom. The Morgan fingerprint density at radius 3 is 2.52 bits per heavy atom. The molecule has 1 aliphatic carbocycles. The summed E-state index contributed by atoms with van der Waals surface area (Å²) in [4.78, 5) is 28.5. The smallest absolute Gasteiger partial charge is 0.408 e. The van der Waals surface area contributed by atoms with Gasteiger partial charge in [0.05, 0.1) is 0 Å². The molecule has 1 atom stereocenters. The van der Waals surface area contributed by atoms with Gasteiger partial charge in [-0.05, 0) is 88.2 Å². The monoisotopic (exact) mass is 539 g/mol. The molecule has 7 nitrogen and oxygen atoms in total. The lowest BCUT2D eigenvalue weighted by molar-refractivity contribution is 0.0947. The van der Waals surface area contributed by atoms with Gasteiger partial charge in [-0.25, -0.2) is 14.8 Å². The van der Waals surface area contributed by atoms with Crippen LogP contribution in [0, 0.1) is 0 Å². The van der Waals surface area contributed by atoms with E-state index in [1.807, 2.05) is 20.8 Å². The number of hydrogen-bond acceptors (Lipinski definition) is 5. The number of carbonyl (C=O) groups is 1. The molecule has 7 heteroatoms. The van der Waals surface area contributed by atoms with Crippen LogP contribution in [0.1, 0.15) is 80.8 Å². The highest BCUT2D eigenvalue weighted by atomic mass is 16.4. The summed E-state index contributed by atoms with van der Waals surface area (Å²) < 4.78 is 0. The molecule has 0 radical (unpaired) electrons. The van der Waals surface area contributed by atoms with Crippen molar-refractivity contribution in [3.8, 4) is 0 Å². The molecule has 3 heterocycles. The SMILES string of the molecule is C[C@@H]1CCc2ncnc(N3CC4(CCN(Cc5ccccc5)CC4)c4c(CN(C(=O)O)C(C)(C)C)cccc43)c21. The summed E-state index contributed by atoms with van der Waals surface area (Å²) in [6.45, 7) is 12.4. The predicted molar refractivity (Wildman–Crippen MR) is 158 cm³/mol. The van der Waals surface area contributed by atoms with E-state index in [1.54, 1.807) is 11.2 Å². The van der Waals surface area contributed by atoms with Crippen LogP contribution in [0.2, 0.25) is 0 Å². The number of piperidine rings is 1. The lowest BCUT2D eigenvalue weighted by Gasteiger charge is -2.41. The summed E-state index contributed by atoms with van der Waals surface area (Å²) in [5.41, 5.74) is 6.89. The van der Waals surface area contributed by atoms with E-state index in [0.717, 1.165) is 63.2 Å². The summed E-state index contributed by atoms with van der Waals surface area (Å²) >= 11 is 0. The van der Waals surface area contributed by atoms with Crippen LogP contribution in [-0.2, 0) is 24.9 Å². The second-order valence-corrected chi connectivity index (χ2v) is 13.0. The minimum Gasteiger partial charge on any atom is -0.465 e. The largest absolute Gasteiger partial charge is 0.465 e. The second-order valence-electron chi connectivity index (χ2n) is 13.0. The molecule has 40 heavy (non-hydrogen) atoms. The summed E-state index contributed by atoms with van der Waals surface area (Å²) in [6.07, 6.45) is 5.03. The van der Waals surface area contributed by atoms with E-state index in [4.69, 9.17) is 4.98 Å². The highest BCUT2D eigenvalue weighted by Crippen LogP contribution is 2.53. The Hall–Kier alpha value is -3.45. The third kappa shape index (κ3) is 4.74. The van der Waals surface area contributed by atoms with Crippen molar-refractivity contribution in [1.82, 2.24) is 19.8 Å². The van der Waals surface area contributed by atoms with Crippen molar-refractivity contribution >= 4 is 17.6 Å². The Bertz CT molecular complexity index is 1390. The molecule has 0 saturated carbocycles. The number of anilines is 2. The quantitative estimate of drug-likeness (QED) is 0.400. The molecule has 1 amide bonds. The van der Waals surface area contributed by atoms with Crippen molar-refractivity contribution in [1.29, 1.82) is 0 Å². The fourth-order valence-electron chi connectivity index (χ4n) is 7.20. The van der Waals surface area contributed by atoms with E-state index in [0.29, 0.717) is 12.5 Å². The van der Waals surface area contributed by atoms with E-state index in [-0.39, 0.29) is 5.41 Å². The first kappa shape index (κ1) is 26.8. The highest BCUT2D eigenvalue weighted by Gasteiger charge is 2.48. The lowest BCUT2D eigenvalue weighted by Crippen LogP contribution is -2.46. The number of hydrogen-bond donors (Lipinski definition) is 1. The van der Waals surface area contributed by atoms with Crippen LogP contribution in [0.5, 0.6) is 0 Å². The van der Waals surface area contributed by atoms with Crippen LogP contribution in [0.3, 0.4) is 0 Å². The van der Waals surface area contributed by atoms with Crippen molar-refractivity contribution < 1.29 is 9.90 Å². The van der Waals surface area contributed by atoms with Crippen LogP contribution in [0.4, 0.5) is 16.3 Å². The van der Waals surface area contributed by atoms with Crippen LogP contribution in [0.25, 0.3) is 0 Å². The molecule has 3 aromatic rings. The van der Waals surface area contributed by atoms with Gasteiger partial charge in [0, 0.05) is 47.5 Å². The molecule has 1 N–H and O–H groups in total. The third-order valence-corrected chi connectivity index (χ3v) is 9.35. The maximum absolute atomic E-state index is 12.4. The zero-order valence-electron chi connectivity index (χ0n) is 24.2. The van der Waals surface area contributed by atoms with Gasteiger partial charge in [-0.3, -0.25) is 9.80 Å². The van der Waals surface area contributed by atoms with Gasteiger partial charge in [-0.1, -0.05) is 49.4 Å². The van der Waals surface area contributed by atoms with Gasteiger partial charge in [0.15, 0.2) is 0 Å². The molecule has 0 unspecified atom stereocenters. The number of nitrogens with zero attached hydrogens (tertiary/aromatic N) is 5. The molecule has 3 aliphatic rings. The first-order valence-corrected chi connectivity index (χ1v) is 14.7. The summed E-state index contributed by atoms with van der Waals surface area (Å²) in [6, 6.07) is 17.2. The number of carboxylic acid groups (broad SMARTS) is 1. The van der Waals surface area contributed by atoms with Crippen LogP contribution in [0.15, 0.2) is 54.9 Å². The number of aryl methyl sites for hydroxylation is 1. The first-order chi connectivity index (χ1) is 19.2. The van der Waals surface area contributed by atoms with Crippen molar-refractivity contribution in [2.24, 2.45) is 0 Å². The number of aromatic nitrogens is 2. The number of likely N-dealkylation sites (tertiary alicyclic amines) is 1. The van der Waals surface area contributed by atoms with Gasteiger partial charge in [-0.15, -0.1) is 0 Å². The average Bonchev–Trinajstić information content (AvgIpc) is 3.47. The molecular formula is C33H41N5O2. The predicted octanol–water partition coefficient (Wildman–Crippen LogP) is 6.49. The maximum Gasteiger partial charge on any atom is 0.408 e. The van der Waals surface area contributed by atoms with E-state index in [1.165, 1.54) is 28.1 Å². The minimum absolute atomic E-state index is 0.0547. The maximum atomic E-state index is 12.4. The van der Waals surface area contributed by atoms with Crippen molar-refractivity contribution in [2.45, 2.75) is 83.3 Å². The summed E-state index contributed by atoms with van der Waals surface area (Å²) in [5.74, 6) is 1.48. The Kier molecular flexibility index (Phi) is 6.81. The lowest BCUT2D eigenvalue weighted by atomic mass is 9.72. The molecule has 0 bridgehead atoms. The third-order valence-electron chi connectivity index (χ3n) is 9.35. The molecular weight excluding hydrogens is 498 g/mol. The summed E-state index contributed by atoms with van der Waals surface area (Å²) in [7, 11) is 0. The van der Waals surface area contributed by atoms with Gasteiger partial charge in [0.2, 0.25) is 0 Å². The van der Waals surface area contributed by atoms with Crippen LogP contribution in [-0.4, -0.2) is 56.1 Å². The molecule has 1 spiro atoms. The van der Waals surface area contributed by atoms with Crippen LogP contribution < -0.4 is 4.90 Å². The molecule has 1 fully saturated rings. The molecule has 210 valence electrons. The number of amides is 1. The molecule has 2 aliphatic heterocycles. The number of fused-ring (bicyclic) bond motifs is 3. The van der Waals surface area contributed by atoms with Gasteiger partial charge >= 0.3 is 6.09 Å². The van der Waals surface area contributed by atoms with Crippen molar-refractivity contribution in [3.05, 3.63) is 82.8 Å². The zero-order valence-corrected chi connectivity index (χ0v) is 24.2. The van der Waals surface area contributed by atoms with E-state index < -0.39 is 11.6 Å². The van der Waals surface area contributed by atoms with Gasteiger partial charge < -0.3 is 10.0 Å². The molecule has 1 aromatic heterocycles. The fraction of sp³-hybridized carbons (Fsp3) is 0.485. The first-order valence-electron chi connectivity index (χ1n) is 14.7. The van der Waals surface area contributed by atoms with Gasteiger partial charge in [-0.2, -0.15) is 0 Å². The van der Waals surface area contributed by atoms with Crippen molar-refractivity contribution in [3.63, 3.8) is 0 Å². The Morgan fingerprint density at radius 1 is 1.07 bits per heavy atom. The van der Waals surface area contributed by atoms with Gasteiger partial charge in [0.1, 0.15) is 12.1 Å². The number of rotatable bonds is 5. The van der Waals surface area contributed by atoms with Crippen LogP contribution >= 0.6 is 0 Å². The van der Waals surface area contributed by atoms with E-state index in [2.05, 4.69) is 70.2 Å². The van der Waals surface area contributed by atoms with Crippen molar-refractivity contribution in [2.75, 3.05) is 24.5 Å². The Labute approximate surface area is 237 Å². The normalized spacial score (nSPS) is 20.0. The Balaban J connectivity index is 1.40. The molecule has 2 aromatic carbocycles. The molecule has 1 saturated heterocycles. The second kappa shape index (κ2) is 10.2. The fourth-order valence-corrected chi connectivity index (χ4v) is 7.20. The topological polar surface area (TPSA) is 72.8 Å². The average molecular weight is 540 g/mol. The van der Waals surface area contributed by atoms with E-state index in [9.17, 15) is 9.90 Å².